The van der Waals surface area contributed by atoms with Gasteiger partial charge < -0.3 is 11.1 Å². The zero-order valence-corrected chi connectivity index (χ0v) is 16.0. The van der Waals surface area contributed by atoms with E-state index < -0.39 is 16.4 Å². The van der Waals surface area contributed by atoms with Crippen molar-refractivity contribution in [3.8, 4) is 12.1 Å². The number of anilines is 3. The fourth-order valence-corrected chi connectivity index (χ4v) is 2.63. The Bertz CT molecular complexity index is 1290. The van der Waals surface area contributed by atoms with Crippen LogP contribution in [0, 0.1) is 45.5 Å². The van der Waals surface area contributed by atoms with Crippen LogP contribution in [0.4, 0.5) is 38.8 Å². The van der Waals surface area contributed by atoms with Gasteiger partial charge in [-0.1, -0.05) is 0 Å². The summed E-state index contributed by atoms with van der Waals surface area (Å²) < 4.78 is 14.0. The number of pyridine rings is 1. The van der Waals surface area contributed by atoms with Crippen molar-refractivity contribution in [1.82, 2.24) is 4.98 Å². The second-order valence-electron chi connectivity index (χ2n) is 6.21. The van der Waals surface area contributed by atoms with Gasteiger partial charge in [0.15, 0.2) is 17.5 Å². The number of aromatic nitrogens is 1. The third kappa shape index (κ3) is 4.41. The predicted molar refractivity (Wildman–Crippen MR) is 110 cm³/mol. The summed E-state index contributed by atoms with van der Waals surface area (Å²) >= 11 is 0. The first-order chi connectivity index (χ1) is 14.8. The molecule has 2 aromatic carbocycles. The van der Waals surface area contributed by atoms with Crippen molar-refractivity contribution in [1.29, 1.82) is 10.5 Å². The summed E-state index contributed by atoms with van der Waals surface area (Å²) in [4.78, 5) is 14.1. The van der Waals surface area contributed by atoms with E-state index in [9.17, 15) is 19.8 Å². The molecule has 11 heteroatoms. The fourth-order valence-electron chi connectivity index (χ4n) is 2.63. The minimum absolute atomic E-state index is 0.0567. The molecule has 0 aliphatic heterocycles. The molecule has 0 aliphatic carbocycles. The Hall–Kier alpha value is -4.90. The molecular weight excluding hydrogens is 403 g/mol. The summed E-state index contributed by atoms with van der Waals surface area (Å²) in [5.41, 5.74) is 6.96. The molecule has 0 bridgehead atoms. The Kier molecular flexibility index (Phi) is 5.80. The third-order valence-electron chi connectivity index (χ3n) is 4.23. The number of halogens is 1. The van der Waals surface area contributed by atoms with E-state index in [1.54, 1.807) is 31.2 Å². The van der Waals surface area contributed by atoms with Gasteiger partial charge in [-0.3, -0.25) is 10.1 Å². The molecule has 0 saturated carbocycles. The Labute approximate surface area is 175 Å². The standard InChI is InChI=1S/C20H13FN8O2/c1-11-15(10-23)20(25-13-4-2-12(9-22)3-5-13)26-19(24)18(11)28-27-17-7-6-14(29(30)31)8-16(17)21/h2-8H,1H3,(H3,24,25,26). The van der Waals surface area contributed by atoms with E-state index in [4.69, 9.17) is 11.0 Å². The normalized spacial score (nSPS) is 10.5. The Morgan fingerprint density at radius 2 is 1.87 bits per heavy atom. The quantitative estimate of drug-likeness (QED) is 0.338. The molecule has 10 nitrogen and oxygen atoms in total. The van der Waals surface area contributed by atoms with Crippen LogP contribution in [-0.2, 0) is 0 Å². The van der Waals surface area contributed by atoms with Crippen molar-refractivity contribution < 1.29 is 9.31 Å². The lowest BCUT2D eigenvalue weighted by Crippen LogP contribution is -2.03. The number of nitro groups is 1. The number of nitrogens with two attached hydrogens (primary N) is 1. The molecule has 0 amide bonds. The molecule has 1 aromatic heterocycles. The number of non-ortho nitro benzene ring substituents is 1. The van der Waals surface area contributed by atoms with Crippen LogP contribution < -0.4 is 11.1 Å². The average molecular weight is 416 g/mol. The van der Waals surface area contributed by atoms with E-state index in [-0.39, 0.29) is 28.6 Å². The highest BCUT2D eigenvalue weighted by Crippen LogP contribution is 2.34. The van der Waals surface area contributed by atoms with E-state index >= 15 is 0 Å². The first-order valence-corrected chi connectivity index (χ1v) is 8.67. The molecule has 3 N–H and O–H groups in total. The number of azo groups is 1. The molecule has 3 aromatic rings. The van der Waals surface area contributed by atoms with Gasteiger partial charge in [0.1, 0.15) is 17.4 Å². The number of hydrogen-bond donors (Lipinski definition) is 2. The highest BCUT2D eigenvalue weighted by molar-refractivity contribution is 5.75. The maximum absolute atomic E-state index is 14.0. The zero-order valence-electron chi connectivity index (χ0n) is 16.0. The highest BCUT2D eigenvalue weighted by Gasteiger charge is 2.17. The van der Waals surface area contributed by atoms with Gasteiger partial charge in [0.25, 0.3) is 5.69 Å². The summed E-state index contributed by atoms with van der Waals surface area (Å²) in [6, 6.07) is 13.5. The topological polar surface area (TPSA) is 166 Å². The van der Waals surface area contributed by atoms with Crippen LogP contribution >= 0.6 is 0 Å². The number of benzene rings is 2. The maximum atomic E-state index is 14.0. The highest BCUT2D eigenvalue weighted by atomic mass is 19.1. The molecule has 0 fully saturated rings. The summed E-state index contributed by atoms with van der Waals surface area (Å²) in [5, 5.41) is 39.8. The summed E-state index contributed by atoms with van der Waals surface area (Å²) in [7, 11) is 0. The molecule has 152 valence electrons. The van der Waals surface area contributed by atoms with Crippen LogP contribution in [0.15, 0.2) is 52.7 Å². The fraction of sp³-hybridized carbons (Fsp3) is 0.0500. The minimum atomic E-state index is -0.929. The smallest absolute Gasteiger partial charge is 0.272 e. The number of nitrogens with zero attached hydrogens (tertiary/aromatic N) is 6. The molecule has 0 atom stereocenters. The number of nitrogen functional groups attached to an aromatic ring is 1. The van der Waals surface area contributed by atoms with Gasteiger partial charge in [-0.15, -0.1) is 10.2 Å². The van der Waals surface area contributed by atoms with Crippen molar-refractivity contribution in [2.75, 3.05) is 11.1 Å². The average Bonchev–Trinajstić information content (AvgIpc) is 2.75. The Balaban J connectivity index is 1.95. The van der Waals surface area contributed by atoms with Crippen LogP contribution in [0.25, 0.3) is 0 Å². The first-order valence-electron chi connectivity index (χ1n) is 8.67. The molecule has 1 heterocycles. The van der Waals surface area contributed by atoms with E-state index in [0.29, 0.717) is 16.8 Å². The molecule has 31 heavy (non-hydrogen) atoms. The minimum Gasteiger partial charge on any atom is -0.382 e. The third-order valence-corrected chi connectivity index (χ3v) is 4.23. The first kappa shape index (κ1) is 20.8. The van der Waals surface area contributed by atoms with Crippen LogP contribution in [0.5, 0.6) is 0 Å². The van der Waals surface area contributed by atoms with Gasteiger partial charge in [-0.2, -0.15) is 10.5 Å². The van der Waals surface area contributed by atoms with Crippen molar-refractivity contribution in [3.05, 3.63) is 75.1 Å². The number of nitro benzene ring substituents is 1. The van der Waals surface area contributed by atoms with E-state index in [0.717, 1.165) is 18.2 Å². The van der Waals surface area contributed by atoms with Crippen LogP contribution in [-0.4, -0.2) is 9.91 Å². The monoisotopic (exact) mass is 416 g/mol. The second kappa shape index (κ2) is 8.63. The van der Waals surface area contributed by atoms with Crippen molar-refractivity contribution in [2.24, 2.45) is 10.2 Å². The lowest BCUT2D eigenvalue weighted by molar-refractivity contribution is -0.385. The van der Waals surface area contributed by atoms with E-state index in [1.165, 1.54) is 0 Å². The molecule has 0 aliphatic rings. The molecule has 0 saturated heterocycles. The number of hydrogen-bond acceptors (Lipinski definition) is 9. The van der Waals surface area contributed by atoms with Crippen molar-refractivity contribution in [3.63, 3.8) is 0 Å². The molecule has 0 radical (unpaired) electrons. The SMILES string of the molecule is Cc1c(C#N)c(Nc2ccc(C#N)cc2)nc(N)c1N=Nc1ccc([N+](=O)[O-])cc1F. The number of rotatable bonds is 5. The van der Waals surface area contributed by atoms with Gasteiger partial charge >= 0.3 is 0 Å². The zero-order chi connectivity index (χ0) is 22.5. The molecule has 3 rings (SSSR count). The van der Waals surface area contributed by atoms with Gasteiger partial charge in [0.2, 0.25) is 0 Å². The van der Waals surface area contributed by atoms with Crippen LogP contribution in [0.3, 0.4) is 0 Å². The van der Waals surface area contributed by atoms with Crippen LogP contribution in [0.2, 0.25) is 0 Å². The summed E-state index contributed by atoms with van der Waals surface area (Å²) in [5.74, 6) is -0.803. The van der Waals surface area contributed by atoms with Gasteiger partial charge in [0.05, 0.1) is 28.2 Å². The number of nitriles is 2. The predicted octanol–water partition coefficient (Wildman–Crippen LogP) is 4.92. The number of nitrogens with one attached hydrogen (secondary N) is 1. The van der Waals surface area contributed by atoms with Crippen LogP contribution in [0.1, 0.15) is 16.7 Å². The van der Waals surface area contributed by atoms with E-state index in [1.807, 2.05) is 12.1 Å². The summed E-state index contributed by atoms with van der Waals surface area (Å²) in [6.07, 6.45) is 0. The second-order valence-corrected chi connectivity index (χ2v) is 6.21. The largest absolute Gasteiger partial charge is 0.382 e. The van der Waals surface area contributed by atoms with Crippen molar-refractivity contribution in [2.45, 2.75) is 6.92 Å². The van der Waals surface area contributed by atoms with Gasteiger partial charge in [0, 0.05) is 17.3 Å². The van der Waals surface area contributed by atoms with Gasteiger partial charge in [-0.25, -0.2) is 9.37 Å². The molecular formula is C20H13FN8O2. The Morgan fingerprint density at radius 3 is 2.45 bits per heavy atom. The molecule has 0 spiro atoms. The molecule has 0 unspecified atom stereocenters. The lowest BCUT2D eigenvalue weighted by atomic mass is 10.1. The maximum Gasteiger partial charge on any atom is 0.272 e. The van der Waals surface area contributed by atoms with Gasteiger partial charge in [-0.05, 0) is 37.3 Å². The lowest BCUT2D eigenvalue weighted by Gasteiger charge is -2.12. The Morgan fingerprint density at radius 1 is 1.16 bits per heavy atom. The summed E-state index contributed by atoms with van der Waals surface area (Å²) in [6.45, 7) is 1.58. The van der Waals surface area contributed by atoms with Crippen molar-refractivity contribution >= 4 is 34.4 Å². The van der Waals surface area contributed by atoms with E-state index in [2.05, 4.69) is 20.5 Å².